The Kier molecular flexibility index (Phi) is 7.00. The van der Waals surface area contributed by atoms with Gasteiger partial charge in [-0.05, 0) is 116 Å². The Bertz CT molecular complexity index is 3090. The van der Waals surface area contributed by atoms with E-state index in [1.165, 1.54) is 110 Å². The third-order valence-electron chi connectivity index (χ3n) is 12.2. The van der Waals surface area contributed by atoms with E-state index in [9.17, 15) is 0 Å². The fraction of sp³-hybridized carbons (Fsp3) is 0.0545. The molecule has 0 aliphatic heterocycles. The molecule has 0 atom stereocenters. The van der Waals surface area contributed by atoms with Crippen LogP contribution < -0.4 is 0 Å². The summed E-state index contributed by atoms with van der Waals surface area (Å²) in [4.78, 5) is 0. The van der Waals surface area contributed by atoms with E-state index in [2.05, 4.69) is 208 Å². The van der Waals surface area contributed by atoms with E-state index in [1.54, 1.807) is 0 Å². The molecule has 0 heterocycles. The molecule has 0 amide bonds. The van der Waals surface area contributed by atoms with Gasteiger partial charge in [-0.2, -0.15) is 0 Å². The van der Waals surface area contributed by atoms with Gasteiger partial charge in [0, 0.05) is 5.41 Å². The van der Waals surface area contributed by atoms with Crippen LogP contribution in [0, 0.1) is 0 Å². The summed E-state index contributed by atoms with van der Waals surface area (Å²) < 4.78 is 0. The Morgan fingerprint density at radius 3 is 1.27 bits per heavy atom. The fourth-order valence-corrected chi connectivity index (χ4v) is 9.92. The van der Waals surface area contributed by atoms with Gasteiger partial charge in [0.2, 0.25) is 0 Å². The zero-order chi connectivity index (χ0) is 36.7. The summed E-state index contributed by atoms with van der Waals surface area (Å²) in [6, 6.07) is 71.9. The van der Waals surface area contributed by atoms with Crippen LogP contribution in [0.2, 0.25) is 0 Å². The largest absolute Gasteiger partial charge is 0.0622 e. The minimum atomic E-state index is -0.196. The minimum Gasteiger partial charge on any atom is -0.0622 e. The Labute approximate surface area is 322 Å². The number of hydrogen-bond acceptors (Lipinski definition) is 0. The van der Waals surface area contributed by atoms with Gasteiger partial charge in [0.25, 0.3) is 0 Å². The molecular formula is C55H38. The van der Waals surface area contributed by atoms with Crippen molar-refractivity contribution in [3.05, 3.63) is 205 Å². The predicted octanol–water partition coefficient (Wildman–Crippen LogP) is 15.3. The van der Waals surface area contributed by atoms with Gasteiger partial charge in [-0.1, -0.05) is 202 Å². The highest BCUT2D eigenvalue weighted by molar-refractivity contribution is 6.22. The molecule has 0 fully saturated rings. The number of hydrogen-bond donors (Lipinski definition) is 0. The molecule has 0 N–H and O–H groups in total. The summed E-state index contributed by atoms with van der Waals surface area (Å²) in [6.07, 6.45) is 0. The van der Waals surface area contributed by atoms with Gasteiger partial charge in [-0.15, -0.1) is 0 Å². The van der Waals surface area contributed by atoms with Crippen molar-refractivity contribution >= 4 is 43.1 Å². The topological polar surface area (TPSA) is 0 Å². The maximum absolute atomic E-state index is 2.44. The Balaban J connectivity index is 1.11. The molecule has 0 nitrogen and oxygen atoms in total. The van der Waals surface area contributed by atoms with Gasteiger partial charge in [0.05, 0.1) is 0 Å². The van der Waals surface area contributed by atoms with Gasteiger partial charge in [-0.25, -0.2) is 0 Å². The second-order valence-electron chi connectivity index (χ2n) is 15.6. The second kappa shape index (κ2) is 12.1. The standard InChI is InChI=1S/C55H38/c1-55(2)53-40(28-15-29-49(53)52-43-22-8-6-20-41(43)42-21-7-13-27-48(42)54(52)55)38-18-14-19-39(34-38)51-46-25-11-9-23-44(46)50(45-24-10-12-26-47(45)51)37-32-30-36(31-33-37)35-16-4-3-5-17-35/h3-34H,1-2H3. The summed E-state index contributed by atoms with van der Waals surface area (Å²) in [7, 11) is 0. The molecule has 0 radical (unpaired) electrons. The van der Waals surface area contributed by atoms with Gasteiger partial charge < -0.3 is 0 Å². The van der Waals surface area contributed by atoms with Crippen LogP contribution in [-0.2, 0) is 5.41 Å². The van der Waals surface area contributed by atoms with Crippen LogP contribution in [0.3, 0.4) is 0 Å². The van der Waals surface area contributed by atoms with E-state index in [0.29, 0.717) is 0 Å². The molecule has 258 valence electrons. The summed E-state index contributed by atoms with van der Waals surface area (Å²) in [5.74, 6) is 0. The van der Waals surface area contributed by atoms with Gasteiger partial charge in [0.1, 0.15) is 0 Å². The zero-order valence-corrected chi connectivity index (χ0v) is 31.0. The predicted molar refractivity (Wildman–Crippen MR) is 236 cm³/mol. The van der Waals surface area contributed by atoms with Crippen molar-refractivity contribution in [1.29, 1.82) is 0 Å². The van der Waals surface area contributed by atoms with Crippen molar-refractivity contribution in [2.24, 2.45) is 0 Å². The van der Waals surface area contributed by atoms with Gasteiger partial charge >= 0.3 is 0 Å². The normalized spacial score (nSPS) is 13.1. The summed E-state index contributed by atoms with van der Waals surface area (Å²) >= 11 is 0. The Morgan fingerprint density at radius 2 is 0.655 bits per heavy atom. The third kappa shape index (κ3) is 4.71. The summed E-state index contributed by atoms with van der Waals surface area (Å²) in [5, 5.41) is 10.4. The lowest BCUT2D eigenvalue weighted by Gasteiger charge is -2.26. The zero-order valence-electron chi connectivity index (χ0n) is 31.0. The van der Waals surface area contributed by atoms with E-state index in [0.717, 1.165) is 0 Å². The Hall–Kier alpha value is -6.76. The van der Waals surface area contributed by atoms with Crippen LogP contribution in [0.15, 0.2) is 194 Å². The molecule has 0 unspecified atom stereocenters. The van der Waals surface area contributed by atoms with Crippen LogP contribution in [-0.4, -0.2) is 0 Å². The highest BCUT2D eigenvalue weighted by Crippen LogP contribution is 2.57. The number of rotatable bonds is 4. The van der Waals surface area contributed by atoms with Crippen molar-refractivity contribution in [2.45, 2.75) is 19.3 Å². The van der Waals surface area contributed by atoms with E-state index in [4.69, 9.17) is 0 Å². The second-order valence-corrected chi connectivity index (χ2v) is 15.6. The Morgan fingerprint density at radius 1 is 0.255 bits per heavy atom. The van der Waals surface area contributed by atoms with Crippen molar-refractivity contribution in [3.8, 4) is 55.6 Å². The van der Waals surface area contributed by atoms with Crippen LogP contribution >= 0.6 is 0 Å². The molecule has 1 aliphatic rings. The molecule has 0 saturated heterocycles. The van der Waals surface area contributed by atoms with Crippen LogP contribution in [0.5, 0.6) is 0 Å². The molecule has 11 rings (SSSR count). The van der Waals surface area contributed by atoms with Crippen LogP contribution in [0.25, 0.3) is 98.7 Å². The van der Waals surface area contributed by atoms with Crippen LogP contribution in [0.4, 0.5) is 0 Å². The smallest absolute Gasteiger partial charge is 0.0171 e. The highest BCUT2D eigenvalue weighted by atomic mass is 14.4. The summed E-state index contributed by atoms with van der Waals surface area (Å²) in [5.41, 5.74) is 15.4. The molecule has 0 heteroatoms. The SMILES string of the molecule is CC1(C)c2c(-c3cccc(-c4c5ccccc5c(-c5ccc(-c6ccccc6)cc5)c5ccccc45)c3)cccc2-c2c1c1ccccc1c1ccccc21. The summed E-state index contributed by atoms with van der Waals surface area (Å²) in [6.45, 7) is 4.86. The molecule has 1 aliphatic carbocycles. The molecule has 55 heavy (non-hydrogen) atoms. The first-order chi connectivity index (χ1) is 27.1. The lowest BCUT2D eigenvalue weighted by molar-refractivity contribution is 0.668. The maximum Gasteiger partial charge on any atom is 0.0171 e. The maximum atomic E-state index is 2.44. The fourth-order valence-electron chi connectivity index (χ4n) is 9.92. The monoisotopic (exact) mass is 698 g/mol. The average molecular weight is 699 g/mol. The van der Waals surface area contributed by atoms with E-state index in [1.807, 2.05) is 0 Å². The number of benzene rings is 10. The highest BCUT2D eigenvalue weighted by Gasteiger charge is 2.40. The molecule has 0 aromatic heterocycles. The molecule has 0 saturated carbocycles. The minimum absolute atomic E-state index is 0.196. The van der Waals surface area contributed by atoms with Gasteiger partial charge in [-0.3, -0.25) is 0 Å². The van der Waals surface area contributed by atoms with E-state index >= 15 is 0 Å². The first-order valence-corrected chi connectivity index (χ1v) is 19.4. The molecule has 0 bridgehead atoms. The van der Waals surface area contributed by atoms with Crippen molar-refractivity contribution in [2.75, 3.05) is 0 Å². The molecule has 0 spiro atoms. The first kappa shape index (κ1) is 31.7. The first-order valence-electron chi connectivity index (χ1n) is 19.4. The molecular weight excluding hydrogens is 661 g/mol. The van der Waals surface area contributed by atoms with Crippen molar-refractivity contribution in [3.63, 3.8) is 0 Å². The van der Waals surface area contributed by atoms with Gasteiger partial charge in [0.15, 0.2) is 0 Å². The quantitative estimate of drug-likeness (QED) is 0.127. The van der Waals surface area contributed by atoms with Crippen molar-refractivity contribution < 1.29 is 0 Å². The van der Waals surface area contributed by atoms with Crippen LogP contribution in [0.1, 0.15) is 25.0 Å². The molecule has 10 aromatic rings. The lowest BCUT2D eigenvalue weighted by atomic mass is 9.76. The number of fused-ring (bicyclic) bond motifs is 10. The average Bonchev–Trinajstić information content (AvgIpc) is 3.50. The third-order valence-corrected chi connectivity index (χ3v) is 12.2. The van der Waals surface area contributed by atoms with Crippen molar-refractivity contribution in [1.82, 2.24) is 0 Å². The molecule has 10 aromatic carbocycles. The lowest BCUT2D eigenvalue weighted by Crippen LogP contribution is -2.17. The van der Waals surface area contributed by atoms with E-state index < -0.39 is 0 Å². The van der Waals surface area contributed by atoms with E-state index in [-0.39, 0.29) is 5.41 Å².